The number of amides is 1. The molecule has 1 aliphatic heterocycles. The average Bonchev–Trinajstić information content (AvgIpc) is 3.10. The molecule has 3 aromatic rings. The highest BCUT2D eigenvalue weighted by atomic mass is 16.5. The summed E-state index contributed by atoms with van der Waals surface area (Å²) in [7, 11) is 3.89. The lowest BCUT2D eigenvalue weighted by atomic mass is 9.95. The van der Waals surface area contributed by atoms with Gasteiger partial charge in [-0.1, -0.05) is 42.5 Å². The van der Waals surface area contributed by atoms with Crippen molar-refractivity contribution in [2.24, 2.45) is 0 Å². The Morgan fingerprint density at radius 1 is 0.941 bits per heavy atom. The third-order valence-corrected chi connectivity index (χ3v) is 5.90. The van der Waals surface area contributed by atoms with Gasteiger partial charge in [-0.25, -0.2) is 0 Å². The molecule has 1 unspecified atom stereocenters. The first-order valence-corrected chi connectivity index (χ1v) is 11.2. The molecule has 34 heavy (non-hydrogen) atoms. The van der Waals surface area contributed by atoms with E-state index >= 15 is 0 Å². The summed E-state index contributed by atoms with van der Waals surface area (Å²) in [6, 6.07) is 23.3. The van der Waals surface area contributed by atoms with Gasteiger partial charge in [0.15, 0.2) is 0 Å². The van der Waals surface area contributed by atoms with E-state index in [0.717, 1.165) is 16.8 Å². The van der Waals surface area contributed by atoms with E-state index in [4.69, 9.17) is 4.74 Å². The number of hydrogen-bond acceptors (Lipinski definition) is 5. The number of Topliss-reactive ketones (excluding diaryl/α,β-unsaturated/α-hetero) is 1. The van der Waals surface area contributed by atoms with Crippen LogP contribution in [0.4, 0.5) is 5.69 Å². The zero-order valence-electron chi connectivity index (χ0n) is 19.6. The Morgan fingerprint density at radius 2 is 1.59 bits per heavy atom. The van der Waals surface area contributed by atoms with E-state index in [1.807, 2.05) is 80.5 Å². The molecule has 0 aromatic heterocycles. The first-order valence-electron chi connectivity index (χ1n) is 11.2. The van der Waals surface area contributed by atoms with Crippen LogP contribution < -0.4 is 9.64 Å². The number of carbonyl (C=O) groups is 2. The highest BCUT2D eigenvalue weighted by Gasteiger charge is 2.46. The Bertz CT molecular complexity index is 1200. The van der Waals surface area contributed by atoms with E-state index in [0.29, 0.717) is 17.9 Å². The number of carbonyl (C=O) groups excluding carboxylic acids is 2. The van der Waals surface area contributed by atoms with Crippen LogP contribution in [0, 0.1) is 0 Å². The van der Waals surface area contributed by atoms with Gasteiger partial charge in [-0.05, 0) is 54.4 Å². The summed E-state index contributed by atoms with van der Waals surface area (Å²) < 4.78 is 5.48. The van der Waals surface area contributed by atoms with Crippen molar-refractivity contribution in [3.63, 3.8) is 0 Å². The Morgan fingerprint density at radius 3 is 2.18 bits per heavy atom. The first-order chi connectivity index (χ1) is 16.4. The molecule has 6 heteroatoms. The minimum absolute atomic E-state index is 0.0858. The zero-order valence-corrected chi connectivity index (χ0v) is 19.6. The lowest BCUT2D eigenvalue weighted by Crippen LogP contribution is -2.29. The molecular formula is C28H28N2O4. The van der Waals surface area contributed by atoms with E-state index in [1.54, 1.807) is 24.3 Å². The summed E-state index contributed by atoms with van der Waals surface area (Å²) >= 11 is 0. The molecule has 0 spiro atoms. The van der Waals surface area contributed by atoms with Gasteiger partial charge in [-0.2, -0.15) is 0 Å². The summed E-state index contributed by atoms with van der Waals surface area (Å²) in [6.07, 6.45) is 0. The van der Waals surface area contributed by atoms with Crippen molar-refractivity contribution in [1.29, 1.82) is 0 Å². The molecule has 1 aliphatic rings. The van der Waals surface area contributed by atoms with Gasteiger partial charge in [0.2, 0.25) is 0 Å². The molecule has 4 rings (SSSR count). The largest absolute Gasteiger partial charge is 0.507 e. The van der Waals surface area contributed by atoms with E-state index in [2.05, 4.69) is 0 Å². The lowest BCUT2D eigenvalue weighted by Gasteiger charge is -2.26. The van der Waals surface area contributed by atoms with Gasteiger partial charge < -0.3 is 19.6 Å². The molecule has 0 saturated carbocycles. The van der Waals surface area contributed by atoms with Gasteiger partial charge in [-0.15, -0.1) is 0 Å². The zero-order chi connectivity index (χ0) is 24.2. The fourth-order valence-corrected chi connectivity index (χ4v) is 4.16. The fraction of sp³-hybridized carbons (Fsp3) is 0.214. The monoisotopic (exact) mass is 456 g/mol. The van der Waals surface area contributed by atoms with Crippen LogP contribution in [0.15, 0.2) is 84.4 Å². The van der Waals surface area contributed by atoms with Crippen molar-refractivity contribution < 1.29 is 19.4 Å². The minimum Gasteiger partial charge on any atom is -0.507 e. The van der Waals surface area contributed by atoms with Gasteiger partial charge >= 0.3 is 0 Å². The second kappa shape index (κ2) is 9.83. The van der Waals surface area contributed by atoms with Gasteiger partial charge in [-0.3, -0.25) is 9.59 Å². The number of hydrogen-bond donors (Lipinski definition) is 1. The standard InChI is InChI=1S/C28H28N2O4/c1-4-34-23-16-12-21(13-17-23)26(31)24-25(20-10-14-22(15-11-20)29(2)3)30(28(33)27(24)32)18-19-8-6-5-7-9-19/h5-17,25,31H,4,18H2,1-3H3/b26-24+. The second-order valence-corrected chi connectivity index (χ2v) is 8.36. The maximum atomic E-state index is 13.2. The quantitative estimate of drug-likeness (QED) is 0.315. The van der Waals surface area contributed by atoms with E-state index < -0.39 is 17.7 Å². The van der Waals surface area contributed by atoms with E-state index in [9.17, 15) is 14.7 Å². The van der Waals surface area contributed by atoms with Crippen molar-refractivity contribution in [2.75, 3.05) is 25.6 Å². The molecule has 1 saturated heterocycles. The molecule has 1 amide bonds. The fourth-order valence-electron chi connectivity index (χ4n) is 4.16. The molecule has 1 N–H and O–H groups in total. The smallest absolute Gasteiger partial charge is 0.295 e. The second-order valence-electron chi connectivity index (χ2n) is 8.36. The third kappa shape index (κ3) is 4.53. The topological polar surface area (TPSA) is 70.1 Å². The van der Waals surface area contributed by atoms with Crippen LogP contribution in [0.1, 0.15) is 29.7 Å². The van der Waals surface area contributed by atoms with E-state index in [1.165, 1.54) is 4.90 Å². The number of ketones is 1. The molecule has 1 fully saturated rings. The number of aliphatic hydroxyl groups is 1. The molecular weight excluding hydrogens is 428 g/mol. The number of aliphatic hydroxyl groups excluding tert-OH is 1. The summed E-state index contributed by atoms with van der Waals surface area (Å²) in [5.74, 6) is -0.847. The number of ether oxygens (including phenoxy) is 1. The molecule has 1 atom stereocenters. The number of likely N-dealkylation sites (tertiary alicyclic amines) is 1. The maximum absolute atomic E-state index is 13.2. The molecule has 0 aliphatic carbocycles. The van der Waals surface area contributed by atoms with Crippen LogP contribution in [0.5, 0.6) is 5.75 Å². The normalized spacial score (nSPS) is 17.1. The highest BCUT2D eigenvalue weighted by molar-refractivity contribution is 6.46. The maximum Gasteiger partial charge on any atom is 0.295 e. The summed E-state index contributed by atoms with van der Waals surface area (Å²) in [5.41, 5.74) is 3.20. The van der Waals surface area contributed by atoms with Gasteiger partial charge in [0.05, 0.1) is 18.2 Å². The molecule has 0 bridgehead atoms. The predicted molar refractivity (Wildman–Crippen MR) is 133 cm³/mol. The summed E-state index contributed by atoms with van der Waals surface area (Å²) in [6.45, 7) is 2.67. The average molecular weight is 457 g/mol. The number of anilines is 1. The third-order valence-electron chi connectivity index (χ3n) is 5.90. The number of nitrogens with zero attached hydrogens (tertiary/aromatic N) is 2. The van der Waals surface area contributed by atoms with Gasteiger partial charge in [0, 0.05) is 31.9 Å². The first kappa shape index (κ1) is 23.1. The van der Waals surface area contributed by atoms with Gasteiger partial charge in [0.1, 0.15) is 11.5 Å². The molecule has 0 radical (unpaired) electrons. The Hall–Kier alpha value is -4.06. The molecule has 174 valence electrons. The van der Waals surface area contributed by atoms with E-state index in [-0.39, 0.29) is 17.9 Å². The van der Waals surface area contributed by atoms with Crippen molar-refractivity contribution >= 4 is 23.1 Å². The predicted octanol–water partition coefficient (Wildman–Crippen LogP) is 4.77. The van der Waals surface area contributed by atoms with Crippen molar-refractivity contribution in [2.45, 2.75) is 19.5 Å². The number of rotatable bonds is 7. The summed E-state index contributed by atoms with van der Waals surface area (Å²) in [4.78, 5) is 29.9. The van der Waals surface area contributed by atoms with Crippen LogP contribution in [0.2, 0.25) is 0 Å². The van der Waals surface area contributed by atoms with Crippen LogP contribution in [0.3, 0.4) is 0 Å². The van der Waals surface area contributed by atoms with Crippen molar-refractivity contribution in [3.05, 3.63) is 101 Å². The van der Waals surface area contributed by atoms with Crippen LogP contribution >= 0.6 is 0 Å². The summed E-state index contributed by atoms with van der Waals surface area (Å²) in [5, 5.41) is 11.2. The SMILES string of the molecule is CCOc1ccc(/C(O)=C2\C(=O)C(=O)N(Cc3ccccc3)C2c2ccc(N(C)C)cc2)cc1. The number of benzene rings is 3. The van der Waals surface area contributed by atoms with Gasteiger partial charge in [0.25, 0.3) is 11.7 Å². The molecule has 6 nitrogen and oxygen atoms in total. The highest BCUT2D eigenvalue weighted by Crippen LogP contribution is 2.40. The Balaban J connectivity index is 1.81. The Labute approximate surface area is 199 Å². The van der Waals surface area contributed by atoms with Crippen LogP contribution in [-0.4, -0.2) is 42.4 Å². The van der Waals surface area contributed by atoms with Crippen molar-refractivity contribution in [1.82, 2.24) is 4.90 Å². The molecule has 3 aromatic carbocycles. The van der Waals surface area contributed by atoms with Crippen molar-refractivity contribution in [3.8, 4) is 5.75 Å². The van der Waals surface area contributed by atoms with Crippen LogP contribution in [-0.2, 0) is 16.1 Å². The molecule has 1 heterocycles. The minimum atomic E-state index is -0.706. The van der Waals surface area contributed by atoms with Crippen LogP contribution in [0.25, 0.3) is 5.76 Å². The lowest BCUT2D eigenvalue weighted by molar-refractivity contribution is -0.140. The Kier molecular flexibility index (Phi) is 6.68.